The highest BCUT2D eigenvalue weighted by atomic mass is 32.3. The van der Waals surface area contributed by atoms with Gasteiger partial charge in [-0.15, -0.1) is 15.9 Å². The summed E-state index contributed by atoms with van der Waals surface area (Å²) in [6, 6.07) is 18.9. The lowest BCUT2D eigenvalue weighted by Crippen LogP contribution is -2.37. The molecule has 1 amide bonds. The van der Waals surface area contributed by atoms with Crippen molar-refractivity contribution in [2.75, 3.05) is 19.0 Å². The Balaban J connectivity index is 1.49. The van der Waals surface area contributed by atoms with Crippen molar-refractivity contribution in [3.63, 3.8) is 0 Å². The van der Waals surface area contributed by atoms with Crippen LogP contribution in [0.1, 0.15) is 67.9 Å². The minimum absolute atomic E-state index is 0.186. The van der Waals surface area contributed by atoms with Crippen LogP contribution in [0.2, 0.25) is 0 Å². The first-order chi connectivity index (χ1) is 23.9. The molecule has 0 radical (unpaired) electrons. The van der Waals surface area contributed by atoms with Gasteiger partial charge in [-0.2, -0.15) is 4.31 Å². The normalized spacial score (nSPS) is 17.3. The number of aromatic nitrogens is 4. The molecular formula is C38H46N6O5S. The van der Waals surface area contributed by atoms with E-state index in [0.717, 1.165) is 33.3 Å². The molecule has 0 fully saturated rings. The Morgan fingerprint density at radius 1 is 1.12 bits per heavy atom. The fraction of sp³-hybridized carbons (Fsp3) is 0.368. The summed E-state index contributed by atoms with van der Waals surface area (Å²) in [4.78, 5) is 18.9. The molecule has 5 aromatic rings. The number of methoxy groups -OCH3 is 1. The Morgan fingerprint density at radius 3 is 2.60 bits per heavy atom. The maximum absolute atomic E-state index is 14.3. The first kappa shape index (κ1) is 35.3. The van der Waals surface area contributed by atoms with E-state index in [4.69, 9.17) is 9.47 Å². The van der Waals surface area contributed by atoms with Crippen molar-refractivity contribution in [3.8, 4) is 11.5 Å². The van der Waals surface area contributed by atoms with Crippen molar-refractivity contribution in [1.29, 1.82) is 0 Å². The number of fused-ring (bicyclic) bond motifs is 2. The Kier molecular flexibility index (Phi) is 9.91. The molecule has 1 aliphatic heterocycles. The van der Waals surface area contributed by atoms with E-state index < -0.39 is 22.1 Å². The number of rotatable bonds is 10. The van der Waals surface area contributed by atoms with Gasteiger partial charge in [0.1, 0.15) is 33.5 Å². The van der Waals surface area contributed by atoms with E-state index in [2.05, 4.69) is 32.7 Å². The Bertz CT molecular complexity index is 2010. The fourth-order valence-electron chi connectivity index (χ4n) is 6.84. The van der Waals surface area contributed by atoms with Gasteiger partial charge >= 0.3 is 0 Å². The highest BCUT2D eigenvalue weighted by molar-refractivity contribution is 8.22. The Hall–Kier alpha value is -4.49. The van der Waals surface area contributed by atoms with Gasteiger partial charge in [-0.05, 0) is 85.3 Å². The SMILES string of the molecule is CC[C@@H]1CN(Cc2cc([C@H](c3cc(OC)c4c(nnn4CC)c3C)C(C)(C)C(=O)Nc3cccnc3)ccc2C)S(O)(O)c2ccccc2O1. The van der Waals surface area contributed by atoms with Crippen molar-refractivity contribution >= 4 is 33.4 Å². The summed E-state index contributed by atoms with van der Waals surface area (Å²) in [5.41, 5.74) is 5.68. The first-order valence-electron chi connectivity index (χ1n) is 16.9. The number of para-hydroxylation sites is 1. The molecule has 0 saturated carbocycles. The molecule has 0 spiro atoms. The van der Waals surface area contributed by atoms with E-state index in [1.807, 2.05) is 70.5 Å². The van der Waals surface area contributed by atoms with Crippen LogP contribution in [0.3, 0.4) is 0 Å². The molecule has 50 heavy (non-hydrogen) atoms. The van der Waals surface area contributed by atoms with Gasteiger partial charge in [-0.1, -0.05) is 56.3 Å². The van der Waals surface area contributed by atoms with Crippen LogP contribution in [0, 0.1) is 19.3 Å². The van der Waals surface area contributed by atoms with Crippen molar-refractivity contribution in [3.05, 3.63) is 101 Å². The number of hydrogen-bond acceptors (Lipinski definition) is 9. The van der Waals surface area contributed by atoms with Crippen molar-refractivity contribution in [2.24, 2.45) is 5.41 Å². The van der Waals surface area contributed by atoms with Crippen LogP contribution >= 0.6 is 10.8 Å². The quantitative estimate of drug-likeness (QED) is 0.133. The number of carbonyl (C=O) groups is 1. The van der Waals surface area contributed by atoms with E-state index in [-0.39, 0.29) is 18.6 Å². The summed E-state index contributed by atoms with van der Waals surface area (Å²) in [5, 5.41) is 12.0. The summed E-state index contributed by atoms with van der Waals surface area (Å²) < 4.78 is 39.2. The molecule has 11 nitrogen and oxygen atoms in total. The summed E-state index contributed by atoms with van der Waals surface area (Å²) in [5.74, 6) is 0.458. The molecule has 264 valence electrons. The summed E-state index contributed by atoms with van der Waals surface area (Å²) in [6.45, 7) is 13.2. The predicted octanol–water partition coefficient (Wildman–Crippen LogP) is 7.97. The molecule has 3 N–H and O–H groups in total. The number of benzene rings is 3. The maximum atomic E-state index is 14.3. The monoisotopic (exact) mass is 698 g/mol. The Labute approximate surface area is 295 Å². The highest BCUT2D eigenvalue weighted by Gasteiger charge is 2.41. The van der Waals surface area contributed by atoms with Gasteiger partial charge in [-0.25, -0.2) is 4.68 Å². The smallest absolute Gasteiger partial charge is 0.231 e. The number of amides is 1. The average molecular weight is 699 g/mol. The van der Waals surface area contributed by atoms with Gasteiger partial charge in [0.25, 0.3) is 0 Å². The third kappa shape index (κ3) is 6.44. The van der Waals surface area contributed by atoms with Crippen LogP contribution < -0.4 is 14.8 Å². The number of pyridine rings is 1. The predicted molar refractivity (Wildman–Crippen MR) is 197 cm³/mol. The topological polar surface area (TPSA) is 135 Å². The van der Waals surface area contributed by atoms with Crippen LogP contribution in [-0.2, 0) is 17.9 Å². The second-order valence-electron chi connectivity index (χ2n) is 13.4. The zero-order chi connectivity index (χ0) is 35.8. The second-order valence-corrected chi connectivity index (χ2v) is 15.4. The molecule has 0 unspecified atom stereocenters. The molecule has 3 aromatic carbocycles. The number of aryl methyl sites for hydroxylation is 3. The third-order valence-corrected chi connectivity index (χ3v) is 11.7. The lowest BCUT2D eigenvalue weighted by atomic mass is 9.69. The van der Waals surface area contributed by atoms with Gasteiger partial charge in [0.15, 0.2) is 0 Å². The molecule has 3 heterocycles. The maximum Gasteiger partial charge on any atom is 0.231 e. The zero-order valence-electron chi connectivity index (χ0n) is 29.7. The molecule has 1 aliphatic rings. The third-order valence-electron chi connectivity index (χ3n) is 9.81. The number of nitrogens with zero attached hydrogens (tertiary/aromatic N) is 5. The van der Waals surface area contributed by atoms with E-state index in [0.29, 0.717) is 47.1 Å². The summed E-state index contributed by atoms with van der Waals surface area (Å²) in [6.07, 6.45) is 3.77. The van der Waals surface area contributed by atoms with Crippen molar-refractivity contribution < 1.29 is 23.4 Å². The van der Waals surface area contributed by atoms with Crippen molar-refractivity contribution in [1.82, 2.24) is 24.3 Å². The minimum atomic E-state index is -3.38. The molecule has 2 aromatic heterocycles. The van der Waals surface area contributed by atoms with Crippen LogP contribution in [0.25, 0.3) is 11.0 Å². The van der Waals surface area contributed by atoms with Crippen LogP contribution in [-0.4, -0.2) is 59.1 Å². The zero-order valence-corrected chi connectivity index (χ0v) is 30.5. The van der Waals surface area contributed by atoms with Crippen LogP contribution in [0.4, 0.5) is 5.69 Å². The van der Waals surface area contributed by atoms with Gasteiger partial charge in [0.05, 0.1) is 31.0 Å². The number of ether oxygens (including phenoxy) is 2. The molecular weight excluding hydrogens is 653 g/mol. The van der Waals surface area contributed by atoms with Gasteiger partial charge < -0.3 is 14.8 Å². The lowest BCUT2D eigenvalue weighted by molar-refractivity contribution is -0.124. The number of carbonyl (C=O) groups excluding carboxylic acids is 1. The van der Waals surface area contributed by atoms with Gasteiger partial charge in [-0.3, -0.25) is 18.9 Å². The van der Waals surface area contributed by atoms with E-state index in [1.165, 1.54) is 0 Å². The summed E-state index contributed by atoms with van der Waals surface area (Å²) >= 11 is 0. The van der Waals surface area contributed by atoms with E-state index in [9.17, 15) is 13.9 Å². The van der Waals surface area contributed by atoms with Crippen LogP contribution in [0.15, 0.2) is 78.0 Å². The van der Waals surface area contributed by atoms with Crippen molar-refractivity contribution in [2.45, 2.75) is 78.0 Å². The van der Waals surface area contributed by atoms with Gasteiger partial charge in [0.2, 0.25) is 5.91 Å². The number of hydrogen-bond donors (Lipinski definition) is 3. The molecule has 0 saturated heterocycles. The van der Waals surface area contributed by atoms with E-state index in [1.54, 1.807) is 48.1 Å². The first-order valence-corrected chi connectivity index (χ1v) is 18.4. The van der Waals surface area contributed by atoms with Gasteiger partial charge in [0, 0.05) is 25.2 Å². The standard InChI is InChI=1S/C38H46N6O5S/c1-8-29-23-43(50(46,47)33-15-11-10-14-31(33)49-29)22-27-19-26(17-16-24(27)3)34(38(5,6)37(45)40-28-13-12-18-39-21-28)30-20-32(48-7)36-35(25(30)4)41-42-44(36)9-2/h10-21,29,34,46-47H,8-9,22-23H2,1-7H3,(H,40,45)/t29-,34-/m1/s1. The molecule has 0 bridgehead atoms. The Morgan fingerprint density at radius 2 is 1.90 bits per heavy atom. The second kappa shape index (κ2) is 14.0. The number of nitrogens with one attached hydrogen (secondary N) is 1. The fourth-order valence-corrected chi connectivity index (χ4v) is 8.46. The van der Waals surface area contributed by atoms with Crippen LogP contribution in [0.5, 0.6) is 11.5 Å². The molecule has 6 rings (SSSR count). The summed E-state index contributed by atoms with van der Waals surface area (Å²) in [7, 11) is -1.74. The molecule has 0 aliphatic carbocycles. The largest absolute Gasteiger partial charge is 0.494 e. The van der Waals surface area contributed by atoms with E-state index >= 15 is 0 Å². The molecule has 12 heteroatoms. The number of anilines is 1. The average Bonchev–Trinajstić information content (AvgIpc) is 3.51. The minimum Gasteiger partial charge on any atom is -0.494 e. The lowest BCUT2D eigenvalue weighted by Gasteiger charge is -2.42. The molecule has 2 atom stereocenters. The highest BCUT2D eigenvalue weighted by Crippen LogP contribution is 2.57.